The summed E-state index contributed by atoms with van der Waals surface area (Å²) in [5, 5.41) is 2.72. The topological polar surface area (TPSA) is 77.1 Å². The number of hydrogen-bond acceptors (Lipinski definition) is 5. The van der Waals surface area contributed by atoms with Gasteiger partial charge in [-0.2, -0.15) is 0 Å². The van der Waals surface area contributed by atoms with Crippen molar-refractivity contribution in [2.45, 2.75) is 19.1 Å². The summed E-state index contributed by atoms with van der Waals surface area (Å²) in [6.07, 6.45) is -0.310. The van der Waals surface area contributed by atoms with Crippen LogP contribution in [0.1, 0.15) is 18.5 Å². The average molecular weight is 368 g/mol. The molecule has 2 amide bonds. The van der Waals surface area contributed by atoms with Crippen LogP contribution in [0.4, 0.5) is 5.69 Å². The third-order valence-corrected chi connectivity index (χ3v) is 4.65. The summed E-state index contributed by atoms with van der Waals surface area (Å²) in [6, 6.07) is 12.1. The van der Waals surface area contributed by atoms with Crippen LogP contribution < -0.4 is 24.4 Å². The van der Waals surface area contributed by atoms with Gasteiger partial charge in [0.2, 0.25) is 5.91 Å². The number of fused-ring (bicyclic) bond motifs is 2. The summed E-state index contributed by atoms with van der Waals surface area (Å²) in [6.45, 7) is 2.06. The third-order valence-electron chi connectivity index (χ3n) is 4.65. The number of ether oxygens (including phenoxy) is 3. The minimum Gasteiger partial charge on any atom is -0.497 e. The van der Waals surface area contributed by atoms with E-state index in [0.29, 0.717) is 36.0 Å². The molecule has 140 valence electrons. The van der Waals surface area contributed by atoms with Crippen molar-refractivity contribution in [1.82, 2.24) is 5.32 Å². The maximum atomic E-state index is 13.0. The molecule has 0 saturated heterocycles. The Hall–Kier alpha value is -3.22. The maximum absolute atomic E-state index is 13.0. The molecule has 0 bridgehead atoms. The number of methoxy groups -OCH3 is 1. The standard InChI is InChI=1S/C20H20N2O5/c1-12(23)21-19-15-9-13(25-2)7-8-16(15)22(20(19)24)10-14-11-26-17-5-3-4-6-18(17)27-14/h3-9,14,19H,10-11H2,1-2H3,(H,21,23)/t14-,19-/m0/s1. The number of amides is 2. The molecule has 2 aromatic carbocycles. The monoisotopic (exact) mass is 368 g/mol. The molecule has 0 spiro atoms. The summed E-state index contributed by atoms with van der Waals surface area (Å²) in [5.74, 6) is 1.52. The lowest BCUT2D eigenvalue weighted by Gasteiger charge is -2.30. The quantitative estimate of drug-likeness (QED) is 0.894. The predicted molar refractivity (Wildman–Crippen MR) is 98.3 cm³/mol. The highest BCUT2D eigenvalue weighted by Crippen LogP contribution is 2.39. The van der Waals surface area contributed by atoms with Crippen molar-refractivity contribution in [2.75, 3.05) is 25.2 Å². The number of anilines is 1. The molecule has 27 heavy (non-hydrogen) atoms. The first-order valence-corrected chi connectivity index (χ1v) is 8.71. The van der Waals surface area contributed by atoms with E-state index in [2.05, 4.69) is 5.32 Å². The zero-order valence-corrected chi connectivity index (χ0v) is 15.1. The number of carbonyl (C=O) groups excluding carboxylic acids is 2. The SMILES string of the molecule is COc1ccc2c(c1)[C@H](NC(C)=O)C(=O)N2C[C@H]1COc2ccccc2O1. The van der Waals surface area contributed by atoms with Gasteiger partial charge in [0.15, 0.2) is 17.6 Å². The lowest BCUT2D eigenvalue weighted by atomic mass is 10.1. The van der Waals surface area contributed by atoms with Crippen LogP contribution in [0.2, 0.25) is 0 Å². The fourth-order valence-corrected chi connectivity index (χ4v) is 3.43. The number of carbonyl (C=O) groups is 2. The van der Waals surface area contributed by atoms with Gasteiger partial charge in [-0.25, -0.2) is 0 Å². The van der Waals surface area contributed by atoms with Gasteiger partial charge in [-0.3, -0.25) is 9.59 Å². The van der Waals surface area contributed by atoms with E-state index in [1.807, 2.05) is 30.3 Å². The highest BCUT2D eigenvalue weighted by Gasteiger charge is 2.40. The predicted octanol–water partition coefficient (Wildman–Crippen LogP) is 2.06. The Bertz CT molecular complexity index is 898. The summed E-state index contributed by atoms with van der Waals surface area (Å²) >= 11 is 0. The van der Waals surface area contributed by atoms with Crippen LogP contribution in [-0.4, -0.2) is 38.2 Å². The van der Waals surface area contributed by atoms with E-state index in [-0.39, 0.29) is 17.9 Å². The average Bonchev–Trinajstić information content (AvgIpc) is 2.92. The van der Waals surface area contributed by atoms with E-state index in [1.54, 1.807) is 24.1 Å². The molecular weight excluding hydrogens is 348 g/mol. The van der Waals surface area contributed by atoms with Crippen LogP contribution in [0.15, 0.2) is 42.5 Å². The molecule has 1 N–H and O–H groups in total. The number of para-hydroxylation sites is 2. The van der Waals surface area contributed by atoms with Crippen molar-refractivity contribution < 1.29 is 23.8 Å². The van der Waals surface area contributed by atoms with Crippen LogP contribution in [0, 0.1) is 0 Å². The van der Waals surface area contributed by atoms with Crippen LogP contribution in [-0.2, 0) is 9.59 Å². The first-order valence-electron chi connectivity index (χ1n) is 8.71. The fourth-order valence-electron chi connectivity index (χ4n) is 3.43. The number of nitrogens with zero attached hydrogens (tertiary/aromatic N) is 1. The van der Waals surface area contributed by atoms with Crippen molar-refractivity contribution in [3.63, 3.8) is 0 Å². The van der Waals surface area contributed by atoms with Crippen molar-refractivity contribution in [2.24, 2.45) is 0 Å². The van der Waals surface area contributed by atoms with E-state index >= 15 is 0 Å². The van der Waals surface area contributed by atoms with E-state index in [4.69, 9.17) is 14.2 Å². The van der Waals surface area contributed by atoms with Crippen molar-refractivity contribution in [3.8, 4) is 17.2 Å². The molecule has 7 nitrogen and oxygen atoms in total. The van der Waals surface area contributed by atoms with Gasteiger partial charge in [0.1, 0.15) is 18.4 Å². The van der Waals surface area contributed by atoms with E-state index in [1.165, 1.54) is 6.92 Å². The molecule has 2 heterocycles. The van der Waals surface area contributed by atoms with E-state index in [0.717, 1.165) is 5.69 Å². The normalized spacial score (nSPS) is 20.2. The Balaban J connectivity index is 1.60. The van der Waals surface area contributed by atoms with Crippen LogP contribution in [0.3, 0.4) is 0 Å². The lowest BCUT2D eigenvalue weighted by Crippen LogP contribution is -2.44. The first kappa shape index (κ1) is 17.2. The number of hydrogen-bond donors (Lipinski definition) is 1. The van der Waals surface area contributed by atoms with Gasteiger partial charge in [0.05, 0.1) is 13.7 Å². The Labute approximate surface area is 156 Å². The smallest absolute Gasteiger partial charge is 0.254 e. The second-order valence-corrected chi connectivity index (χ2v) is 6.50. The Morgan fingerprint density at radius 2 is 2.04 bits per heavy atom. The third kappa shape index (κ3) is 3.16. The Kier molecular flexibility index (Phi) is 4.35. The van der Waals surface area contributed by atoms with Gasteiger partial charge in [-0.1, -0.05) is 12.1 Å². The molecule has 4 rings (SSSR count). The van der Waals surface area contributed by atoms with Crippen molar-refractivity contribution >= 4 is 17.5 Å². The number of benzene rings is 2. The molecular formula is C20H20N2O5. The van der Waals surface area contributed by atoms with Gasteiger partial charge in [-0.15, -0.1) is 0 Å². The van der Waals surface area contributed by atoms with E-state index in [9.17, 15) is 9.59 Å². The number of nitrogens with one attached hydrogen (secondary N) is 1. The van der Waals surface area contributed by atoms with Gasteiger partial charge in [0, 0.05) is 18.2 Å². The Morgan fingerprint density at radius 1 is 1.26 bits per heavy atom. The molecule has 0 fully saturated rings. The molecule has 2 aromatic rings. The molecule has 0 unspecified atom stereocenters. The van der Waals surface area contributed by atoms with Gasteiger partial charge < -0.3 is 24.4 Å². The molecule has 0 aliphatic carbocycles. The highest BCUT2D eigenvalue weighted by molar-refractivity contribution is 6.06. The van der Waals surface area contributed by atoms with Crippen LogP contribution in [0.25, 0.3) is 0 Å². The Morgan fingerprint density at radius 3 is 2.78 bits per heavy atom. The summed E-state index contributed by atoms with van der Waals surface area (Å²) in [7, 11) is 1.56. The highest BCUT2D eigenvalue weighted by atomic mass is 16.6. The fraction of sp³-hybridized carbons (Fsp3) is 0.300. The zero-order chi connectivity index (χ0) is 19.0. The van der Waals surface area contributed by atoms with Crippen molar-refractivity contribution in [3.05, 3.63) is 48.0 Å². The molecule has 0 aromatic heterocycles. The lowest BCUT2D eigenvalue weighted by molar-refractivity contribution is -0.126. The molecule has 7 heteroatoms. The second kappa shape index (κ2) is 6.83. The summed E-state index contributed by atoms with van der Waals surface area (Å²) < 4.78 is 17.0. The second-order valence-electron chi connectivity index (χ2n) is 6.50. The van der Waals surface area contributed by atoms with Crippen molar-refractivity contribution in [1.29, 1.82) is 0 Å². The summed E-state index contributed by atoms with van der Waals surface area (Å²) in [5.41, 5.74) is 1.45. The maximum Gasteiger partial charge on any atom is 0.254 e. The zero-order valence-electron chi connectivity index (χ0n) is 15.1. The minimum absolute atomic E-state index is 0.198. The number of rotatable bonds is 4. The summed E-state index contributed by atoms with van der Waals surface area (Å²) in [4.78, 5) is 26.2. The van der Waals surface area contributed by atoms with E-state index < -0.39 is 6.04 Å². The first-order chi connectivity index (χ1) is 13.1. The van der Waals surface area contributed by atoms with Crippen LogP contribution >= 0.6 is 0 Å². The van der Waals surface area contributed by atoms with Gasteiger partial charge >= 0.3 is 0 Å². The molecule has 2 aliphatic rings. The molecule has 0 radical (unpaired) electrons. The molecule has 2 aliphatic heterocycles. The molecule has 0 saturated carbocycles. The largest absolute Gasteiger partial charge is 0.497 e. The minimum atomic E-state index is -0.732. The van der Waals surface area contributed by atoms with Crippen LogP contribution in [0.5, 0.6) is 17.2 Å². The molecule has 2 atom stereocenters. The van der Waals surface area contributed by atoms with Gasteiger partial charge in [-0.05, 0) is 30.3 Å². The van der Waals surface area contributed by atoms with Gasteiger partial charge in [0.25, 0.3) is 5.91 Å².